The van der Waals surface area contributed by atoms with Crippen molar-refractivity contribution in [3.8, 4) is 5.75 Å². The van der Waals surface area contributed by atoms with Gasteiger partial charge < -0.3 is 19.3 Å². The topological polar surface area (TPSA) is 54.9 Å². The normalized spacial score (nSPS) is 15.5. The summed E-state index contributed by atoms with van der Waals surface area (Å²) in [4.78, 5) is 21.0. The lowest BCUT2D eigenvalue weighted by Crippen LogP contribution is -2.50. The van der Waals surface area contributed by atoms with Crippen molar-refractivity contribution in [2.24, 2.45) is 0 Å². The molecular formula is C19H27N3O3S. The molecular weight excluding hydrogens is 350 g/mol. The zero-order valence-corrected chi connectivity index (χ0v) is 17.2. The number of amides is 1. The summed E-state index contributed by atoms with van der Waals surface area (Å²) in [6, 6.07) is 2.12. The zero-order valence-electron chi connectivity index (χ0n) is 16.4. The number of hydrogen-bond donors (Lipinski definition) is 0. The summed E-state index contributed by atoms with van der Waals surface area (Å²) < 4.78 is 12.2. The lowest BCUT2D eigenvalue weighted by molar-refractivity contribution is 0.0240. The molecule has 26 heavy (non-hydrogen) atoms. The number of aryl methyl sites for hydroxylation is 1. The van der Waals surface area contributed by atoms with Crippen molar-refractivity contribution in [3.05, 3.63) is 17.2 Å². The van der Waals surface area contributed by atoms with Crippen molar-refractivity contribution in [1.29, 1.82) is 0 Å². The molecule has 0 atom stereocenters. The van der Waals surface area contributed by atoms with Gasteiger partial charge in [0, 0.05) is 26.2 Å². The highest BCUT2D eigenvalue weighted by Gasteiger charge is 2.27. The van der Waals surface area contributed by atoms with Crippen molar-refractivity contribution < 1.29 is 14.3 Å². The molecule has 2 heterocycles. The first-order valence-corrected chi connectivity index (χ1v) is 9.69. The lowest BCUT2D eigenvalue weighted by Gasteiger charge is -2.35. The maximum Gasteiger partial charge on any atom is 0.410 e. The summed E-state index contributed by atoms with van der Waals surface area (Å²) in [5.41, 5.74) is 2.85. The van der Waals surface area contributed by atoms with Gasteiger partial charge in [0.05, 0.1) is 17.3 Å². The molecule has 1 aromatic carbocycles. The van der Waals surface area contributed by atoms with Crippen LogP contribution in [0, 0.1) is 13.8 Å². The third kappa shape index (κ3) is 3.72. The predicted molar refractivity (Wildman–Crippen MR) is 106 cm³/mol. The van der Waals surface area contributed by atoms with Crippen molar-refractivity contribution >= 4 is 32.8 Å². The molecule has 1 aliphatic rings. The summed E-state index contributed by atoms with van der Waals surface area (Å²) >= 11 is 1.65. The molecule has 3 rings (SSSR count). The van der Waals surface area contributed by atoms with E-state index in [0.29, 0.717) is 13.1 Å². The average molecular weight is 378 g/mol. The minimum absolute atomic E-state index is 0.241. The van der Waals surface area contributed by atoms with E-state index in [2.05, 4.69) is 24.8 Å². The molecule has 0 unspecified atom stereocenters. The van der Waals surface area contributed by atoms with E-state index < -0.39 is 5.60 Å². The van der Waals surface area contributed by atoms with Crippen LogP contribution in [0.5, 0.6) is 5.75 Å². The monoisotopic (exact) mass is 377 g/mol. The van der Waals surface area contributed by atoms with Gasteiger partial charge in [0.25, 0.3) is 0 Å². The number of nitrogens with zero attached hydrogens (tertiary/aromatic N) is 3. The Bertz CT molecular complexity index is 818. The Morgan fingerprint density at radius 3 is 2.42 bits per heavy atom. The van der Waals surface area contributed by atoms with Crippen LogP contribution in [-0.4, -0.2) is 54.9 Å². The quantitative estimate of drug-likeness (QED) is 0.792. The van der Waals surface area contributed by atoms with Crippen LogP contribution in [0.4, 0.5) is 9.93 Å². The summed E-state index contributed by atoms with van der Waals surface area (Å²) in [6.07, 6.45) is -0.241. The van der Waals surface area contributed by atoms with Crippen molar-refractivity contribution in [2.75, 3.05) is 38.2 Å². The minimum atomic E-state index is -0.465. The van der Waals surface area contributed by atoms with Gasteiger partial charge in [0.2, 0.25) is 0 Å². The highest BCUT2D eigenvalue weighted by Crippen LogP contribution is 2.39. The highest BCUT2D eigenvalue weighted by molar-refractivity contribution is 7.22. The lowest BCUT2D eigenvalue weighted by atomic mass is 10.1. The number of aromatic nitrogens is 1. The summed E-state index contributed by atoms with van der Waals surface area (Å²) in [5.74, 6) is 0.913. The fourth-order valence-corrected chi connectivity index (χ4v) is 4.21. The first-order valence-electron chi connectivity index (χ1n) is 8.87. The first-order chi connectivity index (χ1) is 12.2. The van der Waals surface area contributed by atoms with Crippen LogP contribution in [0.25, 0.3) is 10.2 Å². The molecule has 6 nitrogen and oxygen atoms in total. The number of methoxy groups -OCH3 is 1. The van der Waals surface area contributed by atoms with E-state index in [4.69, 9.17) is 14.5 Å². The molecule has 142 valence electrons. The summed E-state index contributed by atoms with van der Waals surface area (Å²) in [6.45, 7) is 12.6. The molecule has 2 aromatic rings. The van der Waals surface area contributed by atoms with Crippen LogP contribution < -0.4 is 9.64 Å². The van der Waals surface area contributed by atoms with Crippen molar-refractivity contribution in [3.63, 3.8) is 0 Å². The molecule has 0 radical (unpaired) electrons. The van der Waals surface area contributed by atoms with E-state index in [1.807, 2.05) is 20.8 Å². The zero-order chi connectivity index (χ0) is 19.1. The van der Waals surface area contributed by atoms with E-state index >= 15 is 0 Å². The molecule has 0 spiro atoms. The molecule has 0 aliphatic carbocycles. The van der Waals surface area contributed by atoms with E-state index in [9.17, 15) is 4.79 Å². The molecule has 1 saturated heterocycles. The Kier molecular flexibility index (Phi) is 5.01. The number of carbonyl (C=O) groups is 1. The molecule has 1 amide bonds. The van der Waals surface area contributed by atoms with Gasteiger partial charge in [0.1, 0.15) is 11.4 Å². The molecule has 1 fully saturated rings. The first kappa shape index (κ1) is 18.8. The Balaban J connectivity index is 1.75. The van der Waals surface area contributed by atoms with Crippen LogP contribution in [0.1, 0.15) is 31.9 Å². The van der Waals surface area contributed by atoms with E-state index in [0.717, 1.165) is 39.8 Å². The second kappa shape index (κ2) is 6.95. The van der Waals surface area contributed by atoms with E-state index in [1.54, 1.807) is 23.3 Å². The molecule has 0 N–H and O–H groups in total. The SMILES string of the molecule is COc1c(C)c(C)cc2nc(N3CCN(C(=O)OC(C)(C)C)CC3)sc12. The Labute approximate surface area is 158 Å². The second-order valence-electron chi connectivity index (χ2n) is 7.65. The number of anilines is 1. The number of hydrogen-bond acceptors (Lipinski definition) is 6. The molecule has 1 aliphatic heterocycles. The van der Waals surface area contributed by atoms with Crippen LogP contribution >= 0.6 is 11.3 Å². The molecule has 0 saturated carbocycles. The number of carbonyl (C=O) groups excluding carboxylic acids is 1. The number of rotatable bonds is 2. The third-order valence-corrected chi connectivity index (χ3v) is 5.67. The Hall–Kier alpha value is -2.02. The van der Waals surface area contributed by atoms with Crippen LogP contribution in [0.15, 0.2) is 6.07 Å². The Morgan fingerprint density at radius 2 is 1.85 bits per heavy atom. The second-order valence-corrected chi connectivity index (χ2v) is 8.63. The molecule has 1 aromatic heterocycles. The minimum Gasteiger partial charge on any atom is -0.495 e. The number of benzene rings is 1. The van der Waals surface area contributed by atoms with Crippen LogP contribution in [-0.2, 0) is 4.74 Å². The van der Waals surface area contributed by atoms with Crippen LogP contribution in [0.2, 0.25) is 0 Å². The van der Waals surface area contributed by atoms with Gasteiger partial charge in [-0.05, 0) is 51.8 Å². The van der Waals surface area contributed by atoms with Gasteiger partial charge in [-0.3, -0.25) is 0 Å². The third-order valence-electron chi connectivity index (χ3n) is 4.54. The van der Waals surface area contributed by atoms with Gasteiger partial charge in [0.15, 0.2) is 5.13 Å². The fraction of sp³-hybridized carbons (Fsp3) is 0.579. The number of piperazine rings is 1. The van der Waals surface area contributed by atoms with E-state index in [-0.39, 0.29) is 6.09 Å². The van der Waals surface area contributed by atoms with Gasteiger partial charge in [-0.1, -0.05) is 11.3 Å². The average Bonchev–Trinajstić information content (AvgIpc) is 2.98. The Morgan fingerprint density at radius 1 is 1.19 bits per heavy atom. The summed E-state index contributed by atoms with van der Waals surface area (Å²) in [7, 11) is 1.71. The van der Waals surface area contributed by atoms with Gasteiger partial charge in [-0.2, -0.15) is 0 Å². The predicted octanol–water partition coefficient (Wildman–Crippen LogP) is 3.98. The highest BCUT2D eigenvalue weighted by atomic mass is 32.1. The maximum atomic E-state index is 12.2. The van der Waals surface area contributed by atoms with E-state index in [1.165, 1.54) is 5.56 Å². The van der Waals surface area contributed by atoms with Crippen molar-refractivity contribution in [2.45, 2.75) is 40.2 Å². The smallest absolute Gasteiger partial charge is 0.410 e. The number of ether oxygens (including phenoxy) is 2. The fourth-order valence-electron chi connectivity index (χ4n) is 3.03. The van der Waals surface area contributed by atoms with Gasteiger partial charge in [-0.25, -0.2) is 9.78 Å². The molecule has 7 heteroatoms. The molecule has 0 bridgehead atoms. The standard InChI is InChI=1S/C19H27N3O3S/c1-12-11-14-16(15(24-6)13(12)2)26-17(20-14)21-7-9-22(10-8-21)18(23)25-19(3,4)5/h11H,7-10H2,1-6H3. The van der Waals surface area contributed by atoms with Crippen molar-refractivity contribution in [1.82, 2.24) is 9.88 Å². The largest absolute Gasteiger partial charge is 0.495 e. The maximum absolute atomic E-state index is 12.2. The van der Waals surface area contributed by atoms with Crippen LogP contribution in [0.3, 0.4) is 0 Å². The van der Waals surface area contributed by atoms with Gasteiger partial charge >= 0.3 is 6.09 Å². The number of thiazole rings is 1. The number of fused-ring (bicyclic) bond motifs is 1. The summed E-state index contributed by atoms with van der Waals surface area (Å²) in [5, 5.41) is 0.979. The van der Waals surface area contributed by atoms with Gasteiger partial charge in [-0.15, -0.1) is 0 Å².